The van der Waals surface area contributed by atoms with Gasteiger partial charge >= 0.3 is 23.9 Å². The van der Waals surface area contributed by atoms with Crippen molar-refractivity contribution >= 4 is 47.5 Å². The van der Waals surface area contributed by atoms with E-state index in [-0.39, 0.29) is 80.1 Å². The molecule has 0 aliphatic carbocycles. The van der Waals surface area contributed by atoms with Crippen LogP contribution in [0.1, 0.15) is 123 Å². The van der Waals surface area contributed by atoms with Crippen LogP contribution >= 0.6 is 0 Å². The maximum Gasteiger partial charge on any atom is 0.329 e. The second-order valence-corrected chi connectivity index (χ2v) is 21.9. The molecule has 0 unspecified atom stereocenters. The molecule has 0 N–H and O–H groups in total. The fraction of sp³-hybridized carbons (Fsp3) is 0.569. The van der Waals surface area contributed by atoms with Crippen LogP contribution in [0.4, 0.5) is 0 Å². The average molecular weight is 1080 g/mol. The molecular weight excluding hydrogens is 1000 g/mol. The molecule has 20 nitrogen and oxygen atoms in total. The molecule has 1 aromatic heterocycles. The number of cyclic esters (lactones) is 4. The van der Waals surface area contributed by atoms with Gasteiger partial charge in [-0.3, -0.25) is 19.2 Å². The lowest BCUT2D eigenvalue weighted by atomic mass is 9.99. The second-order valence-electron chi connectivity index (χ2n) is 21.9. The number of esters is 4. The number of ether oxygens (including phenoxy) is 4. The van der Waals surface area contributed by atoms with E-state index in [2.05, 4.69) is 5.10 Å². The van der Waals surface area contributed by atoms with Crippen molar-refractivity contribution in [2.24, 2.45) is 23.7 Å². The van der Waals surface area contributed by atoms with Crippen LogP contribution in [-0.4, -0.2) is 154 Å². The maximum atomic E-state index is 15.0. The molecule has 3 aromatic rings. The summed E-state index contributed by atoms with van der Waals surface area (Å²) in [5.41, 5.74) is 2.08. The van der Waals surface area contributed by atoms with Gasteiger partial charge in [-0.05, 0) is 79.9 Å². The van der Waals surface area contributed by atoms with Gasteiger partial charge in [-0.2, -0.15) is 15.6 Å². The summed E-state index contributed by atoms with van der Waals surface area (Å²) in [5.74, 6) is -7.68. The van der Waals surface area contributed by atoms with E-state index in [9.17, 15) is 48.9 Å². The summed E-state index contributed by atoms with van der Waals surface area (Å²) in [7, 11) is 5.46. The van der Waals surface area contributed by atoms with Crippen LogP contribution in [0, 0.1) is 46.3 Å². The predicted octanol–water partition coefficient (Wildman–Crippen LogP) is 5.65. The number of hydrogen-bond acceptors (Lipinski definition) is 15. The Kier molecular flexibility index (Phi) is 23.1. The molecule has 1 saturated heterocycles. The zero-order chi connectivity index (χ0) is 58.3. The van der Waals surface area contributed by atoms with Crippen molar-refractivity contribution < 1.29 is 57.3 Å². The number of nitrogens with zero attached hydrogens (tertiary/aromatic N) is 8. The highest BCUT2D eigenvalue weighted by molar-refractivity contribution is 5.94. The molecule has 4 rings (SSSR count). The molecule has 0 saturated carbocycles. The summed E-state index contributed by atoms with van der Waals surface area (Å²) in [5, 5.41) is 23.1. The molecule has 0 radical (unpaired) electrons. The van der Waals surface area contributed by atoms with Crippen LogP contribution in [0.15, 0.2) is 60.7 Å². The molecule has 2 heterocycles. The van der Waals surface area contributed by atoms with E-state index in [1.54, 1.807) is 54.6 Å². The normalized spacial score (nSPS) is 23.3. The smallest absolute Gasteiger partial charge is 0.329 e. The third kappa shape index (κ3) is 17.2. The zero-order valence-corrected chi connectivity index (χ0v) is 47.6. The first-order chi connectivity index (χ1) is 36.7. The van der Waals surface area contributed by atoms with Gasteiger partial charge in [-0.1, -0.05) is 110 Å². The maximum absolute atomic E-state index is 15.0. The Morgan fingerprint density at radius 1 is 0.474 bits per heavy atom. The Bertz CT molecular complexity index is 2660. The molecule has 20 heteroatoms. The lowest BCUT2D eigenvalue weighted by Gasteiger charge is -2.35. The Balaban J connectivity index is 1.86. The molecule has 0 bridgehead atoms. The van der Waals surface area contributed by atoms with E-state index < -0.39 is 96.1 Å². The van der Waals surface area contributed by atoms with Crippen LogP contribution in [0.5, 0.6) is 0 Å². The first-order valence-electron chi connectivity index (χ1n) is 26.6. The number of carbonyl (C=O) groups excluding carboxylic acids is 8. The number of nitriles is 2. The van der Waals surface area contributed by atoms with Gasteiger partial charge < -0.3 is 38.5 Å². The molecule has 422 valence electrons. The number of aromatic nitrogens is 2. The van der Waals surface area contributed by atoms with Crippen molar-refractivity contribution in [1.29, 1.82) is 10.5 Å². The summed E-state index contributed by atoms with van der Waals surface area (Å²) in [6.45, 7) is 17.5. The molecule has 8 atom stereocenters. The summed E-state index contributed by atoms with van der Waals surface area (Å²) < 4.78 is 25.3. The summed E-state index contributed by atoms with van der Waals surface area (Å²) in [6.07, 6.45) is -6.17. The van der Waals surface area contributed by atoms with Crippen molar-refractivity contribution in [3.63, 3.8) is 0 Å². The minimum Gasteiger partial charge on any atom is -0.451 e. The SMILES string of the molecule is CC(C)C[C@H]1C(=O)O[C@H](Cc2ccc(Cn3nc(C#N)cc3C#N)cc2)C(=O)N(C)[C@@H](CC(C)C)C(=O)O[C@H](C)C(=O)N(C)[C@@H](CC(C)C)C(=O)O[C@H](Cc2ccccc2)C(=O)N(C)[C@@H](CC(C)C)C(=O)O[C@H](C)C(=O)N1C. The van der Waals surface area contributed by atoms with Gasteiger partial charge in [0, 0.05) is 47.1 Å². The van der Waals surface area contributed by atoms with Crippen LogP contribution in [-0.2, 0) is 76.7 Å². The lowest BCUT2D eigenvalue weighted by molar-refractivity contribution is -0.176. The standard InChI is InChI=1S/C58H78N8O12/c1-34(2)24-45-55(71)75-39(10)52(68)63(12)48(27-37(7)8)58(74)78-50(29-41-20-22-42(23-21-41)33-66-44(32-60)30-43(31-59)61-66)54(70)65(14)46(25-35(3)4)56(72)76-38(9)51(67)62(11)47(26-36(5)6)57(73)77-49(53(69)64(45)13)28-40-18-16-15-17-19-40/h15-23,30,34-39,45-50H,24-29,33H2,1-14H3/t38-,39-,45+,46+,47+,48+,49-,50-/m1/s1. The van der Waals surface area contributed by atoms with Gasteiger partial charge in [0.15, 0.2) is 30.1 Å². The molecule has 2 aromatic carbocycles. The predicted molar refractivity (Wildman–Crippen MR) is 286 cm³/mol. The van der Waals surface area contributed by atoms with Gasteiger partial charge in [0.05, 0.1) is 6.54 Å². The largest absolute Gasteiger partial charge is 0.451 e. The fourth-order valence-corrected chi connectivity index (χ4v) is 9.16. The van der Waals surface area contributed by atoms with Gasteiger partial charge in [0.25, 0.3) is 23.6 Å². The zero-order valence-electron chi connectivity index (χ0n) is 47.6. The summed E-state index contributed by atoms with van der Waals surface area (Å²) >= 11 is 0. The van der Waals surface area contributed by atoms with Gasteiger partial charge in [-0.15, -0.1) is 0 Å². The van der Waals surface area contributed by atoms with Crippen molar-refractivity contribution in [3.8, 4) is 12.1 Å². The third-order valence-electron chi connectivity index (χ3n) is 13.5. The Labute approximate surface area is 458 Å². The minimum absolute atomic E-state index is 0.0498. The number of likely N-dealkylation sites (N-methyl/N-ethyl adjacent to an activating group) is 4. The number of rotatable bonds is 14. The monoisotopic (exact) mass is 1080 g/mol. The van der Waals surface area contributed by atoms with Crippen LogP contribution in [0.25, 0.3) is 0 Å². The number of hydrogen-bond donors (Lipinski definition) is 0. The Morgan fingerprint density at radius 2 is 0.808 bits per heavy atom. The molecule has 1 aliphatic heterocycles. The Hall–Kier alpha value is -7.61. The van der Waals surface area contributed by atoms with Crippen molar-refractivity contribution in [3.05, 3.63) is 88.7 Å². The highest BCUT2D eigenvalue weighted by Gasteiger charge is 2.43. The lowest BCUT2D eigenvalue weighted by Crippen LogP contribution is -2.55. The number of amides is 4. The van der Waals surface area contributed by atoms with Crippen molar-refractivity contribution in [2.45, 2.75) is 163 Å². The van der Waals surface area contributed by atoms with Crippen LogP contribution < -0.4 is 0 Å². The van der Waals surface area contributed by atoms with Crippen LogP contribution in [0.3, 0.4) is 0 Å². The molecule has 78 heavy (non-hydrogen) atoms. The van der Waals surface area contributed by atoms with E-state index in [1.807, 2.05) is 67.5 Å². The number of benzene rings is 2. The van der Waals surface area contributed by atoms with Crippen molar-refractivity contribution in [2.75, 3.05) is 28.2 Å². The van der Waals surface area contributed by atoms with E-state index in [0.29, 0.717) is 16.7 Å². The van der Waals surface area contributed by atoms with E-state index >= 15 is 0 Å². The topological polar surface area (TPSA) is 252 Å². The van der Waals surface area contributed by atoms with E-state index in [1.165, 1.54) is 52.8 Å². The average Bonchev–Trinajstić information content (AvgIpc) is 3.79. The van der Waals surface area contributed by atoms with Gasteiger partial charge in [0.2, 0.25) is 0 Å². The molecular formula is C58H78N8O12. The van der Waals surface area contributed by atoms with E-state index in [4.69, 9.17) is 18.9 Å². The number of carbonyl (C=O) groups is 8. The molecule has 1 aliphatic rings. The quantitative estimate of drug-likeness (QED) is 0.140. The first kappa shape index (κ1) is 62.9. The van der Waals surface area contributed by atoms with Crippen molar-refractivity contribution in [1.82, 2.24) is 29.4 Å². The highest BCUT2D eigenvalue weighted by Crippen LogP contribution is 2.25. The second kappa shape index (κ2) is 28.7. The van der Waals surface area contributed by atoms with Crippen LogP contribution in [0.2, 0.25) is 0 Å². The highest BCUT2D eigenvalue weighted by atomic mass is 16.6. The Morgan fingerprint density at radius 3 is 1.15 bits per heavy atom. The third-order valence-corrected chi connectivity index (χ3v) is 13.5. The van der Waals surface area contributed by atoms with Gasteiger partial charge in [0.1, 0.15) is 42.0 Å². The molecule has 4 amide bonds. The fourth-order valence-electron chi connectivity index (χ4n) is 9.16. The van der Waals surface area contributed by atoms with Gasteiger partial charge in [-0.25, -0.2) is 23.9 Å². The summed E-state index contributed by atoms with van der Waals surface area (Å²) in [4.78, 5) is 121. The summed E-state index contributed by atoms with van der Waals surface area (Å²) in [6, 6.07) is 15.7. The minimum atomic E-state index is -1.60. The first-order valence-corrected chi connectivity index (χ1v) is 26.6. The molecule has 1 fully saturated rings. The molecule has 0 spiro atoms. The van der Waals surface area contributed by atoms with E-state index in [0.717, 1.165) is 19.6 Å².